The van der Waals surface area contributed by atoms with Crippen molar-refractivity contribution in [1.29, 1.82) is 0 Å². The first kappa shape index (κ1) is 19.9. The average molecular weight is 416 g/mol. The van der Waals surface area contributed by atoms with E-state index in [2.05, 4.69) is 18.7 Å². The summed E-state index contributed by atoms with van der Waals surface area (Å²) in [6.07, 6.45) is 2.51. The average Bonchev–Trinajstić information content (AvgIpc) is 2.96. The van der Waals surface area contributed by atoms with Crippen LogP contribution in [0.5, 0.6) is 11.5 Å². The normalized spacial score (nSPS) is 23.3. The maximum atomic E-state index is 14.1. The Morgan fingerprint density at radius 1 is 1.24 bits per heavy atom. The lowest BCUT2D eigenvalue weighted by atomic mass is 9.91. The van der Waals surface area contributed by atoms with Crippen molar-refractivity contribution < 1.29 is 19.0 Å². The first-order valence-corrected chi connectivity index (χ1v) is 10.2. The summed E-state index contributed by atoms with van der Waals surface area (Å²) in [5, 5.41) is 10.7. The Hall–Kier alpha value is -2.37. The Balaban J connectivity index is 1.67. The van der Waals surface area contributed by atoms with E-state index >= 15 is 0 Å². The Morgan fingerprint density at radius 3 is 2.66 bits per heavy atom. The van der Waals surface area contributed by atoms with Crippen molar-refractivity contribution in [2.45, 2.75) is 26.8 Å². The molecular weight excluding hydrogens is 393 g/mol. The van der Waals surface area contributed by atoms with Gasteiger partial charge in [0, 0.05) is 25.2 Å². The minimum atomic E-state index is -0.531. The Bertz CT molecular complexity index is 974. The van der Waals surface area contributed by atoms with Crippen molar-refractivity contribution in [3.63, 3.8) is 0 Å². The predicted octanol–water partition coefficient (Wildman–Crippen LogP) is 5.28. The van der Waals surface area contributed by atoms with Crippen LogP contribution in [-0.4, -0.2) is 28.9 Å². The summed E-state index contributed by atoms with van der Waals surface area (Å²) in [5.74, 6) is 0.696. The molecule has 0 bridgehead atoms. The first-order chi connectivity index (χ1) is 13.8. The molecular formula is C23H23ClFNO3. The number of phenolic OH excluding ortho intramolecular Hbond substituents is 1. The molecule has 29 heavy (non-hydrogen) atoms. The Kier molecular flexibility index (Phi) is 5.36. The standard InChI is InChI=1S/C23H23ClFNO3/c1-13-8-14(2)11-26(10-13)12-17-20(27)7-6-15-22(28)21(29-23(15)17)9-16-18(24)4-3-5-19(16)25/h3-7,9,13-14,27H,8,10-12H2,1-2H3/b21-9-/t13-,14-/m0/s1. The molecule has 4 nitrogen and oxygen atoms in total. The number of hydrogen-bond acceptors (Lipinski definition) is 4. The summed E-state index contributed by atoms with van der Waals surface area (Å²) in [5.41, 5.74) is 1.06. The lowest BCUT2D eigenvalue weighted by Gasteiger charge is -2.35. The molecule has 2 aromatic rings. The van der Waals surface area contributed by atoms with Gasteiger partial charge >= 0.3 is 0 Å². The van der Waals surface area contributed by atoms with E-state index < -0.39 is 5.82 Å². The molecule has 2 aliphatic heterocycles. The number of halogens is 2. The molecule has 0 radical (unpaired) electrons. The lowest BCUT2D eigenvalue weighted by molar-refractivity contribution is 0.101. The highest BCUT2D eigenvalue weighted by atomic mass is 35.5. The number of carbonyl (C=O) groups excluding carboxylic acids is 1. The van der Waals surface area contributed by atoms with Crippen LogP contribution in [0.15, 0.2) is 36.1 Å². The number of nitrogens with zero attached hydrogens (tertiary/aromatic N) is 1. The van der Waals surface area contributed by atoms with Gasteiger partial charge in [0.25, 0.3) is 0 Å². The fourth-order valence-corrected chi connectivity index (χ4v) is 4.59. The zero-order valence-corrected chi connectivity index (χ0v) is 17.2. The number of ketones is 1. The van der Waals surface area contributed by atoms with E-state index in [1.54, 1.807) is 12.1 Å². The monoisotopic (exact) mass is 415 g/mol. The second kappa shape index (κ2) is 7.81. The van der Waals surface area contributed by atoms with Gasteiger partial charge in [-0.1, -0.05) is 31.5 Å². The van der Waals surface area contributed by atoms with Gasteiger partial charge in [0.2, 0.25) is 5.78 Å². The number of hydrogen-bond donors (Lipinski definition) is 1. The number of likely N-dealkylation sites (tertiary alicyclic amines) is 1. The zero-order valence-electron chi connectivity index (χ0n) is 16.4. The number of rotatable bonds is 3. The van der Waals surface area contributed by atoms with Crippen molar-refractivity contribution in [2.75, 3.05) is 13.1 Å². The number of Topliss-reactive ketones (excluding diaryl/α,β-unsaturated/α-hetero) is 1. The van der Waals surface area contributed by atoms with Crippen LogP contribution in [0.2, 0.25) is 5.02 Å². The topological polar surface area (TPSA) is 49.8 Å². The number of aromatic hydroxyl groups is 1. The number of phenols is 1. The number of allylic oxidation sites excluding steroid dienone is 1. The molecule has 0 unspecified atom stereocenters. The van der Waals surface area contributed by atoms with Gasteiger partial charge in [0.1, 0.15) is 17.3 Å². The van der Waals surface area contributed by atoms with Crippen LogP contribution in [0.4, 0.5) is 4.39 Å². The van der Waals surface area contributed by atoms with Crippen LogP contribution in [0, 0.1) is 17.7 Å². The third-order valence-corrected chi connectivity index (χ3v) is 5.85. The van der Waals surface area contributed by atoms with E-state index in [1.165, 1.54) is 30.7 Å². The number of benzene rings is 2. The molecule has 0 aromatic heterocycles. The second-order valence-corrected chi connectivity index (χ2v) is 8.56. The van der Waals surface area contributed by atoms with Crippen molar-refractivity contribution in [3.8, 4) is 11.5 Å². The van der Waals surface area contributed by atoms with Crippen LogP contribution in [0.3, 0.4) is 0 Å². The first-order valence-electron chi connectivity index (χ1n) is 9.79. The van der Waals surface area contributed by atoms with Crippen LogP contribution < -0.4 is 4.74 Å². The number of piperidine rings is 1. The predicted molar refractivity (Wildman–Crippen MR) is 111 cm³/mol. The minimum Gasteiger partial charge on any atom is -0.507 e. The van der Waals surface area contributed by atoms with Gasteiger partial charge in [0.15, 0.2) is 5.76 Å². The molecule has 0 aliphatic carbocycles. The molecule has 0 amide bonds. The van der Waals surface area contributed by atoms with Gasteiger partial charge in [-0.25, -0.2) is 4.39 Å². The van der Waals surface area contributed by atoms with Crippen molar-refractivity contribution in [2.24, 2.45) is 11.8 Å². The molecule has 6 heteroatoms. The highest BCUT2D eigenvalue weighted by Crippen LogP contribution is 2.41. The molecule has 152 valence electrons. The molecule has 1 fully saturated rings. The summed E-state index contributed by atoms with van der Waals surface area (Å²) in [6.45, 7) is 6.78. The maximum absolute atomic E-state index is 14.1. The summed E-state index contributed by atoms with van der Waals surface area (Å²) in [4.78, 5) is 15.1. The molecule has 1 saturated heterocycles. The number of carbonyl (C=O) groups is 1. The summed E-state index contributed by atoms with van der Waals surface area (Å²) in [6, 6.07) is 7.40. The summed E-state index contributed by atoms with van der Waals surface area (Å²) in [7, 11) is 0. The molecule has 0 spiro atoms. The highest BCUT2D eigenvalue weighted by molar-refractivity contribution is 6.32. The smallest absolute Gasteiger partial charge is 0.231 e. The van der Waals surface area contributed by atoms with E-state index in [4.69, 9.17) is 16.3 Å². The lowest BCUT2D eigenvalue weighted by Crippen LogP contribution is -2.38. The van der Waals surface area contributed by atoms with Gasteiger partial charge in [-0.05, 0) is 48.6 Å². The minimum absolute atomic E-state index is 0.000713. The van der Waals surface area contributed by atoms with Crippen LogP contribution in [0.1, 0.15) is 41.8 Å². The van der Waals surface area contributed by atoms with E-state index in [-0.39, 0.29) is 27.9 Å². The fourth-order valence-electron chi connectivity index (χ4n) is 4.37. The summed E-state index contributed by atoms with van der Waals surface area (Å²) < 4.78 is 20.0. The van der Waals surface area contributed by atoms with Gasteiger partial charge < -0.3 is 9.84 Å². The fraction of sp³-hybridized carbons (Fsp3) is 0.348. The Morgan fingerprint density at radius 2 is 1.97 bits per heavy atom. The van der Waals surface area contributed by atoms with Crippen LogP contribution in [-0.2, 0) is 6.54 Å². The SMILES string of the molecule is C[C@H]1C[C@H](C)CN(Cc2c(O)ccc3c2O/C(=C\c2c(F)cccc2Cl)C3=O)C1. The van der Waals surface area contributed by atoms with Gasteiger partial charge in [-0.2, -0.15) is 0 Å². The molecule has 2 atom stereocenters. The molecule has 0 saturated carbocycles. The number of ether oxygens (including phenoxy) is 1. The molecule has 1 N–H and O–H groups in total. The molecule has 4 rings (SSSR count). The molecule has 2 heterocycles. The van der Waals surface area contributed by atoms with Crippen molar-refractivity contribution in [1.82, 2.24) is 4.90 Å². The van der Waals surface area contributed by atoms with Crippen molar-refractivity contribution in [3.05, 3.63) is 63.6 Å². The number of fused-ring (bicyclic) bond motifs is 1. The van der Waals surface area contributed by atoms with E-state index in [0.29, 0.717) is 35.3 Å². The van der Waals surface area contributed by atoms with E-state index in [1.807, 2.05) is 0 Å². The van der Waals surface area contributed by atoms with E-state index in [9.17, 15) is 14.3 Å². The summed E-state index contributed by atoms with van der Waals surface area (Å²) >= 11 is 6.08. The quantitative estimate of drug-likeness (QED) is 0.693. The maximum Gasteiger partial charge on any atom is 0.231 e. The van der Waals surface area contributed by atoms with E-state index in [0.717, 1.165) is 13.1 Å². The third-order valence-electron chi connectivity index (χ3n) is 5.52. The molecule has 2 aliphatic rings. The largest absolute Gasteiger partial charge is 0.507 e. The Labute approximate surface area is 174 Å². The third kappa shape index (κ3) is 3.89. The zero-order chi connectivity index (χ0) is 20.7. The van der Waals surface area contributed by atoms with Gasteiger partial charge in [-0.3, -0.25) is 9.69 Å². The van der Waals surface area contributed by atoms with Gasteiger partial charge in [0.05, 0.1) is 16.1 Å². The molecule has 2 aromatic carbocycles. The van der Waals surface area contributed by atoms with Crippen molar-refractivity contribution >= 4 is 23.5 Å². The van der Waals surface area contributed by atoms with Crippen LogP contribution in [0.25, 0.3) is 6.08 Å². The highest BCUT2D eigenvalue weighted by Gasteiger charge is 2.33. The second-order valence-electron chi connectivity index (χ2n) is 8.16. The van der Waals surface area contributed by atoms with Gasteiger partial charge in [-0.15, -0.1) is 0 Å². The van der Waals surface area contributed by atoms with Crippen LogP contribution >= 0.6 is 11.6 Å².